The predicted molar refractivity (Wildman–Crippen MR) is 100 cm³/mol. The Morgan fingerprint density at radius 1 is 1.11 bits per heavy atom. The van der Waals surface area contributed by atoms with E-state index in [1.165, 1.54) is 6.92 Å². The van der Waals surface area contributed by atoms with E-state index >= 15 is 0 Å². The highest BCUT2D eigenvalue weighted by Gasteiger charge is 2.35. The van der Waals surface area contributed by atoms with Crippen LogP contribution in [-0.2, 0) is 19.1 Å². The number of rotatable bonds is 6. The van der Waals surface area contributed by atoms with Gasteiger partial charge in [0.2, 0.25) is 5.91 Å². The molecular weight excluding hydrogens is 346 g/mol. The van der Waals surface area contributed by atoms with Crippen molar-refractivity contribution in [2.24, 2.45) is 11.8 Å². The second-order valence-electron chi connectivity index (χ2n) is 7.04. The minimum Gasteiger partial charge on any atom is -0.463 e. The molecule has 3 atom stereocenters. The third-order valence-electron chi connectivity index (χ3n) is 5.07. The Bertz CT molecular complexity index is 719. The Morgan fingerprint density at radius 3 is 2.44 bits per heavy atom. The zero-order valence-electron chi connectivity index (χ0n) is 15.5. The number of hydrogen-bond donors (Lipinski definition) is 1. The lowest BCUT2D eigenvalue weighted by molar-refractivity contribution is -0.155. The van der Waals surface area contributed by atoms with Gasteiger partial charge in [0.15, 0.2) is 5.78 Å². The van der Waals surface area contributed by atoms with Crippen LogP contribution in [0.5, 0.6) is 0 Å². The lowest BCUT2D eigenvalue weighted by Gasteiger charge is -2.26. The number of hydrogen-bond acceptors (Lipinski definition) is 5. The van der Waals surface area contributed by atoms with Gasteiger partial charge in [-0.1, -0.05) is 12.2 Å². The third kappa shape index (κ3) is 5.04. The van der Waals surface area contributed by atoms with E-state index in [0.29, 0.717) is 30.7 Å². The van der Waals surface area contributed by atoms with Crippen LogP contribution in [0.3, 0.4) is 0 Å². The molecule has 1 amide bonds. The molecule has 6 heteroatoms. The number of ketones is 1. The quantitative estimate of drug-likeness (QED) is 0.472. The first-order valence-electron chi connectivity index (χ1n) is 9.39. The molecule has 27 heavy (non-hydrogen) atoms. The van der Waals surface area contributed by atoms with Gasteiger partial charge in [-0.2, -0.15) is 0 Å². The molecule has 1 saturated heterocycles. The fourth-order valence-electron chi connectivity index (χ4n) is 3.45. The minimum atomic E-state index is -0.493. The molecule has 144 valence electrons. The van der Waals surface area contributed by atoms with E-state index in [2.05, 4.69) is 5.32 Å². The van der Waals surface area contributed by atoms with Crippen LogP contribution in [-0.4, -0.2) is 37.0 Å². The molecule has 3 rings (SSSR count). The summed E-state index contributed by atoms with van der Waals surface area (Å²) >= 11 is 0. The Balaban J connectivity index is 1.59. The number of benzene rings is 1. The van der Waals surface area contributed by atoms with Gasteiger partial charge in [0.05, 0.1) is 17.9 Å². The summed E-state index contributed by atoms with van der Waals surface area (Å²) in [6, 6.07) is 6.73. The summed E-state index contributed by atoms with van der Waals surface area (Å²) in [5.41, 5.74) is 1.19. The van der Waals surface area contributed by atoms with E-state index < -0.39 is 11.8 Å². The number of allylic oxidation sites excluding steroid dienone is 2. The van der Waals surface area contributed by atoms with Crippen LogP contribution in [0.15, 0.2) is 36.4 Å². The second kappa shape index (κ2) is 8.95. The predicted octanol–water partition coefficient (Wildman–Crippen LogP) is 3.13. The molecule has 0 aromatic heterocycles. The number of anilines is 1. The van der Waals surface area contributed by atoms with Crippen LogP contribution in [0.25, 0.3) is 0 Å². The zero-order valence-corrected chi connectivity index (χ0v) is 15.5. The van der Waals surface area contributed by atoms with Crippen molar-refractivity contribution in [3.05, 3.63) is 42.0 Å². The van der Waals surface area contributed by atoms with Gasteiger partial charge in [-0.25, -0.2) is 0 Å². The number of esters is 1. The van der Waals surface area contributed by atoms with Crippen molar-refractivity contribution in [2.45, 2.75) is 38.7 Å². The number of Topliss-reactive ketones (excluding diaryl/α,β-unsaturated/α-hetero) is 1. The van der Waals surface area contributed by atoms with E-state index in [1.807, 2.05) is 12.2 Å². The lowest BCUT2D eigenvalue weighted by Crippen LogP contribution is -2.36. The van der Waals surface area contributed by atoms with Crippen molar-refractivity contribution in [1.82, 2.24) is 0 Å². The highest BCUT2D eigenvalue weighted by molar-refractivity contribution is 5.97. The van der Waals surface area contributed by atoms with E-state index in [0.717, 1.165) is 12.8 Å². The molecule has 1 heterocycles. The number of nitrogens with one attached hydrogen (secondary N) is 1. The van der Waals surface area contributed by atoms with Crippen LogP contribution >= 0.6 is 0 Å². The van der Waals surface area contributed by atoms with Crippen molar-refractivity contribution in [3.8, 4) is 0 Å². The topological polar surface area (TPSA) is 81.7 Å². The molecule has 1 aliphatic carbocycles. The summed E-state index contributed by atoms with van der Waals surface area (Å²) in [4.78, 5) is 36.6. The summed E-state index contributed by atoms with van der Waals surface area (Å²) in [6.07, 6.45) is 6.69. The van der Waals surface area contributed by atoms with Gasteiger partial charge in [-0.15, -0.1) is 0 Å². The van der Waals surface area contributed by atoms with E-state index in [1.54, 1.807) is 24.3 Å². The van der Waals surface area contributed by atoms with Gasteiger partial charge < -0.3 is 14.8 Å². The highest BCUT2D eigenvalue weighted by atomic mass is 16.6. The summed E-state index contributed by atoms with van der Waals surface area (Å²) in [5.74, 6) is -1.55. The maximum Gasteiger partial charge on any atom is 0.310 e. The normalized spacial score (nSPS) is 24.4. The maximum atomic E-state index is 12.7. The molecule has 0 radical (unpaired) electrons. The van der Waals surface area contributed by atoms with Crippen LogP contribution < -0.4 is 5.32 Å². The van der Waals surface area contributed by atoms with Crippen molar-refractivity contribution in [1.29, 1.82) is 0 Å². The van der Waals surface area contributed by atoms with Crippen LogP contribution in [0.2, 0.25) is 0 Å². The van der Waals surface area contributed by atoms with Gasteiger partial charge in [-0.3, -0.25) is 14.4 Å². The Hall–Kier alpha value is -2.47. The van der Waals surface area contributed by atoms with Gasteiger partial charge >= 0.3 is 5.97 Å². The Labute approximate surface area is 158 Å². The summed E-state index contributed by atoms with van der Waals surface area (Å²) in [5, 5.41) is 2.84. The average molecular weight is 371 g/mol. The van der Waals surface area contributed by atoms with Gasteiger partial charge in [0.25, 0.3) is 0 Å². The standard InChI is InChI=1S/C21H25NO5/c1-14(23)15-8-10-16(11-9-15)22-20(24)18-6-2-3-7-19(18)21(25)27-13-17-5-4-12-26-17/h2-3,8-11,17-19H,4-7,12-13H2,1H3,(H,22,24). The van der Waals surface area contributed by atoms with Crippen LogP contribution in [0.1, 0.15) is 43.0 Å². The van der Waals surface area contributed by atoms with Crippen molar-refractivity contribution < 1.29 is 23.9 Å². The summed E-state index contributed by atoms with van der Waals surface area (Å²) < 4.78 is 10.9. The molecule has 1 N–H and O–H groups in total. The summed E-state index contributed by atoms with van der Waals surface area (Å²) in [7, 11) is 0. The van der Waals surface area contributed by atoms with Gasteiger partial charge in [-0.05, 0) is 56.9 Å². The van der Waals surface area contributed by atoms with Gasteiger partial charge in [0, 0.05) is 17.9 Å². The highest BCUT2D eigenvalue weighted by Crippen LogP contribution is 2.28. The maximum absolute atomic E-state index is 12.7. The molecule has 0 saturated carbocycles. The smallest absolute Gasteiger partial charge is 0.310 e. The Morgan fingerprint density at radius 2 is 1.81 bits per heavy atom. The fourth-order valence-corrected chi connectivity index (χ4v) is 3.45. The van der Waals surface area contributed by atoms with Crippen molar-refractivity contribution in [3.63, 3.8) is 0 Å². The molecular formula is C21H25NO5. The molecule has 6 nitrogen and oxygen atoms in total. The van der Waals surface area contributed by atoms with Gasteiger partial charge in [0.1, 0.15) is 6.61 Å². The first kappa shape index (κ1) is 19.3. The number of carbonyl (C=O) groups is 3. The second-order valence-corrected chi connectivity index (χ2v) is 7.04. The molecule has 2 aliphatic rings. The monoisotopic (exact) mass is 371 g/mol. The first-order valence-corrected chi connectivity index (χ1v) is 9.39. The van der Waals surface area contributed by atoms with E-state index in [9.17, 15) is 14.4 Å². The molecule has 1 fully saturated rings. The molecule has 1 aromatic carbocycles. The lowest BCUT2D eigenvalue weighted by atomic mass is 9.82. The van der Waals surface area contributed by atoms with E-state index in [-0.39, 0.29) is 30.4 Å². The molecule has 0 spiro atoms. The van der Waals surface area contributed by atoms with Crippen LogP contribution in [0.4, 0.5) is 5.69 Å². The van der Waals surface area contributed by atoms with E-state index in [4.69, 9.17) is 9.47 Å². The average Bonchev–Trinajstić information content (AvgIpc) is 3.20. The van der Waals surface area contributed by atoms with Crippen LogP contribution in [0, 0.1) is 11.8 Å². The SMILES string of the molecule is CC(=O)c1ccc(NC(=O)C2CC=CCC2C(=O)OCC2CCCO2)cc1. The third-order valence-corrected chi connectivity index (χ3v) is 5.07. The Kier molecular flexibility index (Phi) is 6.40. The first-order chi connectivity index (χ1) is 13.0. The molecule has 3 unspecified atom stereocenters. The molecule has 1 aromatic rings. The summed E-state index contributed by atoms with van der Waals surface area (Å²) in [6.45, 7) is 2.45. The van der Waals surface area contributed by atoms with Crippen molar-refractivity contribution >= 4 is 23.3 Å². The molecule has 1 aliphatic heterocycles. The fraction of sp³-hybridized carbons (Fsp3) is 0.476. The molecule has 0 bridgehead atoms. The number of ether oxygens (including phenoxy) is 2. The number of carbonyl (C=O) groups excluding carboxylic acids is 3. The number of amides is 1. The minimum absolute atomic E-state index is 0.0276. The van der Waals surface area contributed by atoms with Crippen molar-refractivity contribution in [2.75, 3.05) is 18.5 Å². The zero-order chi connectivity index (χ0) is 19.2. The largest absolute Gasteiger partial charge is 0.463 e.